The number of nitrogens with one attached hydrogen (secondary N) is 1. The van der Waals surface area contributed by atoms with Crippen molar-refractivity contribution in [2.75, 3.05) is 38.1 Å². The molecule has 1 saturated heterocycles. The quantitative estimate of drug-likeness (QED) is 0.552. The number of nitrogens with zero attached hydrogens (tertiary/aromatic N) is 4. The van der Waals surface area contributed by atoms with E-state index >= 15 is 0 Å². The van der Waals surface area contributed by atoms with E-state index < -0.39 is 5.91 Å². The lowest BCUT2D eigenvalue weighted by molar-refractivity contribution is 0.100. The number of primary amides is 1. The Hall–Kier alpha value is -3.45. The van der Waals surface area contributed by atoms with E-state index in [9.17, 15) is 4.79 Å². The predicted octanol–water partition coefficient (Wildman–Crippen LogP) is 2.94. The topological polar surface area (TPSA) is 91.1 Å². The van der Waals surface area contributed by atoms with Crippen LogP contribution in [0.3, 0.4) is 0 Å². The van der Waals surface area contributed by atoms with Crippen LogP contribution in [0, 0.1) is 6.92 Å². The van der Waals surface area contributed by atoms with Gasteiger partial charge >= 0.3 is 0 Å². The fraction of sp³-hybridized carbons (Fsp3) is 0.261. The van der Waals surface area contributed by atoms with E-state index in [0.717, 1.165) is 53.9 Å². The van der Waals surface area contributed by atoms with Crippen LogP contribution in [0.25, 0.3) is 33.2 Å². The summed E-state index contributed by atoms with van der Waals surface area (Å²) in [6.45, 7) is 6.03. The van der Waals surface area contributed by atoms with E-state index in [0.29, 0.717) is 16.8 Å². The van der Waals surface area contributed by atoms with Crippen molar-refractivity contribution in [2.24, 2.45) is 5.73 Å². The number of benzene rings is 1. The molecule has 0 unspecified atom stereocenters. The van der Waals surface area contributed by atoms with Crippen molar-refractivity contribution >= 4 is 33.5 Å². The van der Waals surface area contributed by atoms with Gasteiger partial charge in [0.05, 0.1) is 27.8 Å². The van der Waals surface area contributed by atoms with Gasteiger partial charge < -0.3 is 20.5 Å². The number of aromatic nitrogens is 3. The molecule has 0 atom stereocenters. The lowest BCUT2D eigenvalue weighted by Crippen LogP contribution is -2.44. The van der Waals surface area contributed by atoms with Crippen LogP contribution >= 0.6 is 0 Å². The summed E-state index contributed by atoms with van der Waals surface area (Å²) < 4.78 is 0. The van der Waals surface area contributed by atoms with Gasteiger partial charge in [-0.1, -0.05) is 0 Å². The van der Waals surface area contributed by atoms with Crippen LogP contribution in [-0.4, -0.2) is 59.0 Å². The predicted molar refractivity (Wildman–Crippen MR) is 120 cm³/mol. The summed E-state index contributed by atoms with van der Waals surface area (Å²) in [4.78, 5) is 29.5. The van der Waals surface area contributed by atoms with Gasteiger partial charge in [0.1, 0.15) is 0 Å². The zero-order chi connectivity index (χ0) is 20.8. The fourth-order valence-electron chi connectivity index (χ4n) is 4.07. The Bertz CT molecular complexity index is 1250. The molecule has 152 valence electrons. The molecule has 0 spiro atoms. The maximum atomic E-state index is 12.2. The Morgan fingerprint density at radius 3 is 2.60 bits per heavy atom. The normalized spacial score (nSPS) is 15.2. The van der Waals surface area contributed by atoms with Crippen LogP contribution in [0.2, 0.25) is 0 Å². The minimum Gasteiger partial charge on any atom is -0.369 e. The molecule has 1 aliphatic rings. The lowest BCUT2D eigenvalue weighted by Gasteiger charge is -2.34. The number of likely N-dealkylation sites (N-methyl/N-ethyl adjacent to an activating group) is 1. The van der Waals surface area contributed by atoms with Gasteiger partial charge in [0.15, 0.2) is 0 Å². The number of aromatic amines is 1. The number of hydrogen-bond donors (Lipinski definition) is 2. The Balaban J connectivity index is 1.65. The molecule has 1 aliphatic heterocycles. The standard InChI is InChI=1S/C23H24N6O/c1-14-3-4-15(13-25-14)19-12-18(23(24)30)22-21(26-19)17-6-5-16(11-20(17)27-22)29-9-7-28(2)8-10-29/h3-6,11-13,27H,7-10H2,1-2H3,(H2,24,30). The molecule has 1 aromatic carbocycles. The number of aryl methyl sites for hydroxylation is 1. The van der Waals surface area contributed by atoms with Crippen molar-refractivity contribution < 1.29 is 4.79 Å². The van der Waals surface area contributed by atoms with E-state index in [1.807, 2.05) is 19.1 Å². The van der Waals surface area contributed by atoms with Gasteiger partial charge in [-0.25, -0.2) is 4.98 Å². The summed E-state index contributed by atoms with van der Waals surface area (Å²) in [5.74, 6) is -0.477. The van der Waals surface area contributed by atoms with Crippen molar-refractivity contribution in [1.29, 1.82) is 0 Å². The Morgan fingerprint density at radius 2 is 1.90 bits per heavy atom. The highest BCUT2D eigenvalue weighted by Gasteiger charge is 2.19. The summed E-state index contributed by atoms with van der Waals surface area (Å²) in [6.07, 6.45) is 1.77. The first kappa shape index (κ1) is 18.6. The van der Waals surface area contributed by atoms with E-state index in [2.05, 4.69) is 45.0 Å². The number of rotatable bonds is 3. The zero-order valence-corrected chi connectivity index (χ0v) is 17.1. The number of anilines is 1. The SMILES string of the molecule is Cc1ccc(-c2cc(C(N)=O)c3[nH]c4cc(N5CCN(C)CC5)ccc4c3n2)cn1. The maximum Gasteiger partial charge on any atom is 0.250 e. The molecule has 7 heteroatoms. The van der Waals surface area contributed by atoms with E-state index in [1.165, 1.54) is 5.69 Å². The van der Waals surface area contributed by atoms with E-state index in [4.69, 9.17) is 10.7 Å². The number of amides is 1. The van der Waals surface area contributed by atoms with Crippen molar-refractivity contribution in [3.63, 3.8) is 0 Å². The molecule has 1 amide bonds. The van der Waals surface area contributed by atoms with Gasteiger partial charge in [0, 0.05) is 54.7 Å². The lowest BCUT2D eigenvalue weighted by atomic mass is 10.1. The molecule has 4 aromatic rings. The maximum absolute atomic E-state index is 12.2. The van der Waals surface area contributed by atoms with Gasteiger partial charge in [-0.2, -0.15) is 0 Å². The molecule has 0 saturated carbocycles. The van der Waals surface area contributed by atoms with Crippen LogP contribution in [0.15, 0.2) is 42.6 Å². The van der Waals surface area contributed by atoms with Crippen LogP contribution in [-0.2, 0) is 0 Å². The number of H-pyrrole nitrogens is 1. The second-order valence-corrected chi connectivity index (χ2v) is 7.98. The van der Waals surface area contributed by atoms with Gasteiger partial charge in [-0.15, -0.1) is 0 Å². The first-order chi connectivity index (χ1) is 14.5. The second-order valence-electron chi connectivity index (χ2n) is 7.98. The second kappa shape index (κ2) is 7.11. The summed E-state index contributed by atoms with van der Waals surface area (Å²) in [5.41, 5.74) is 12.2. The molecule has 7 nitrogen and oxygen atoms in total. The third-order valence-corrected chi connectivity index (χ3v) is 5.88. The Morgan fingerprint density at radius 1 is 1.10 bits per heavy atom. The molecule has 0 radical (unpaired) electrons. The van der Waals surface area contributed by atoms with Gasteiger partial charge in [0.2, 0.25) is 0 Å². The first-order valence-corrected chi connectivity index (χ1v) is 10.1. The molecule has 0 aliphatic carbocycles. The van der Waals surface area contributed by atoms with Crippen LogP contribution < -0.4 is 10.6 Å². The molecule has 30 heavy (non-hydrogen) atoms. The third kappa shape index (κ3) is 3.17. The Labute approximate surface area is 174 Å². The number of hydrogen-bond acceptors (Lipinski definition) is 5. The zero-order valence-electron chi connectivity index (χ0n) is 17.1. The molecular weight excluding hydrogens is 376 g/mol. The molecule has 3 aromatic heterocycles. The fourth-order valence-corrected chi connectivity index (χ4v) is 4.07. The van der Waals surface area contributed by atoms with Gasteiger partial charge in [-0.05, 0) is 50.4 Å². The molecule has 4 heterocycles. The van der Waals surface area contributed by atoms with Crippen molar-refractivity contribution in [1.82, 2.24) is 19.9 Å². The summed E-state index contributed by atoms with van der Waals surface area (Å²) >= 11 is 0. The number of carbonyl (C=O) groups is 1. The monoisotopic (exact) mass is 400 g/mol. The van der Waals surface area contributed by atoms with Crippen LogP contribution in [0.5, 0.6) is 0 Å². The summed E-state index contributed by atoms with van der Waals surface area (Å²) in [5, 5.41) is 0.979. The highest BCUT2D eigenvalue weighted by molar-refractivity contribution is 6.14. The third-order valence-electron chi connectivity index (χ3n) is 5.88. The summed E-state index contributed by atoms with van der Waals surface area (Å²) in [6, 6.07) is 12.0. The molecule has 3 N–H and O–H groups in total. The van der Waals surface area contributed by atoms with Crippen molar-refractivity contribution in [3.8, 4) is 11.3 Å². The van der Waals surface area contributed by atoms with E-state index in [-0.39, 0.29) is 0 Å². The average molecular weight is 400 g/mol. The molecule has 5 rings (SSSR count). The largest absolute Gasteiger partial charge is 0.369 e. The van der Waals surface area contributed by atoms with Crippen molar-refractivity contribution in [3.05, 3.63) is 53.9 Å². The summed E-state index contributed by atoms with van der Waals surface area (Å²) in [7, 11) is 2.15. The minimum absolute atomic E-state index is 0.438. The smallest absolute Gasteiger partial charge is 0.250 e. The van der Waals surface area contributed by atoms with Gasteiger partial charge in [0.25, 0.3) is 5.91 Å². The minimum atomic E-state index is -0.477. The number of pyridine rings is 2. The number of fused-ring (bicyclic) bond motifs is 3. The first-order valence-electron chi connectivity index (χ1n) is 10.1. The van der Waals surface area contributed by atoms with Crippen molar-refractivity contribution in [2.45, 2.75) is 6.92 Å². The van der Waals surface area contributed by atoms with Gasteiger partial charge in [-0.3, -0.25) is 9.78 Å². The van der Waals surface area contributed by atoms with Crippen LogP contribution in [0.1, 0.15) is 16.1 Å². The molecule has 1 fully saturated rings. The number of carbonyl (C=O) groups excluding carboxylic acids is 1. The highest BCUT2D eigenvalue weighted by atomic mass is 16.1. The average Bonchev–Trinajstić information content (AvgIpc) is 3.11. The molecule has 0 bridgehead atoms. The molecular formula is C23H24N6O. The van der Waals surface area contributed by atoms with Crippen LogP contribution in [0.4, 0.5) is 5.69 Å². The number of nitrogens with two attached hydrogens (primary N) is 1. The Kier molecular flexibility index (Phi) is 4.40. The van der Waals surface area contributed by atoms with E-state index in [1.54, 1.807) is 12.3 Å². The highest BCUT2D eigenvalue weighted by Crippen LogP contribution is 2.32. The number of piperazine rings is 1.